The van der Waals surface area contributed by atoms with E-state index in [4.69, 9.17) is 10.3 Å². The predicted octanol–water partition coefficient (Wildman–Crippen LogP) is 2.97. The Morgan fingerprint density at radius 2 is 2.14 bits per heavy atom. The van der Waals surface area contributed by atoms with Crippen molar-refractivity contribution >= 4 is 34.2 Å². The van der Waals surface area contributed by atoms with Crippen molar-refractivity contribution in [3.05, 3.63) is 34.7 Å². The molecule has 0 saturated heterocycles. The number of nitrogens with zero attached hydrogens (tertiary/aromatic N) is 3. The lowest BCUT2D eigenvalue weighted by atomic mass is 10.3. The molecule has 0 saturated carbocycles. The molecule has 0 aliphatic heterocycles. The van der Waals surface area contributed by atoms with Crippen LogP contribution in [0.3, 0.4) is 0 Å². The first-order valence-corrected chi connectivity index (χ1v) is 5.20. The SMILES string of the molecule is [N-]=[N+]=Nc1ccc(OC(=O)CI)cc1. The summed E-state index contributed by atoms with van der Waals surface area (Å²) in [5.41, 5.74) is 8.63. The normalized spacial score (nSPS) is 8.93. The number of carbonyl (C=O) groups excluding carboxylic acids is 1. The summed E-state index contributed by atoms with van der Waals surface area (Å²) in [6.45, 7) is 0. The molecular weight excluding hydrogens is 297 g/mol. The highest BCUT2D eigenvalue weighted by molar-refractivity contribution is 14.1. The number of esters is 1. The van der Waals surface area contributed by atoms with E-state index in [1.165, 1.54) is 0 Å². The van der Waals surface area contributed by atoms with Gasteiger partial charge in [0.15, 0.2) is 0 Å². The number of azide groups is 1. The van der Waals surface area contributed by atoms with E-state index >= 15 is 0 Å². The molecule has 0 heterocycles. The van der Waals surface area contributed by atoms with E-state index in [0.717, 1.165) is 0 Å². The molecule has 0 bridgehead atoms. The smallest absolute Gasteiger partial charge is 0.321 e. The van der Waals surface area contributed by atoms with Crippen molar-refractivity contribution in [1.82, 2.24) is 0 Å². The van der Waals surface area contributed by atoms with Crippen LogP contribution in [0, 0.1) is 0 Å². The number of hydrogen-bond acceptors (Lipinski definition) is 3. The van der Waals surface area contributed by atoms with Crippen LogP contribution in [0.1, 0.15) is 0 Å². The van der Waals surface area contributed by atoms with Crippen LogP contribution in [0.15, 0.2) is 29.4 Å². The topological polar surface area (TPSA) is 75.1 Å². The van der Waals surface area contributed by atoms with Gasteiger partial charge >= 0.3 is 5.97 Å². The van der Waals surface area contributed by atoms with Crippen LogP contribution in [0.25, 0.3) is 10.4 Å². The zero-order valence-corrected chi connectivity index (χ0v) is 9.21. The van der Waals surface area contributed by atoms with Gasteiger partial charge in [0.25, 0.3) is 0 Å². The highest BCUT2D eigenvalue weighted by Crippen LogP contribution is 2.18. The van der Waals surface area contributed by atoms with Crippen molar-refractivity contribution in [3.8, 4) is 5.75 Å². The highest BCUT2D eigenvalue weighted by atomic mass is 127. The number of halogens is 1. The molecule has 1 rings (SSSR count). The van der Waals surface area contributed by atoms with Crippen LogP contribution in [0.5, 0.6) is 5.75 Å². The lowest BCUT2D eigenvalue weighted by molar-refractivity contribution is -0.131. The molecule has 0 fully saturated rings. The van der Waals surface area contributed by atoms with Crippen LogP contribution in [0.4, 0.5) is 5.69 Å². The summed E-state index contributed by atoms with van der Waals surface area (Å²) in [7, 11) is 0. The minimum absolute atomic E-state index is 0.301. The zero-order valence-electron chi connectivity index (χ0n) is 7.05. The van der Waals surface area contributed by atoms with Crippen molar-refractivity contribution in [3.63, 3.8) is 0 Å². The third kappa shape index (κ3) is 3.23. The molecule has 0 N–H and O–H groups in total. The molecule has 5 nitrogen and oxygen atoms in total. The average Bonchev–Trinajstić information content (AvgIpc) is 2.21. The molecule has 6 heteroatoms. The number of alkyl halides is 1. The molecule has 0 aliphatic rings. The first-order chi connectivity index (χ1) is 6.76. The van der Waals surface area contributed by atoms with Gasteiger partial charge in [-0.25, -0.2) is 0 Å². The summed E-state index contributed by atoms with van der Waals surface area (Å²) in [4.78, 5) is 13.5. The van der Waals surface area contributed by atoms with Gasteiger partial charge < -0.3 is 4.74 Å². The van der Waals surface area contributed by atoms with Gasteiger partial charge in [0.05, 0.1) is 4.43 Å². The number of ether oxygens (including phenoxy) is 1. The fourth-order valence-corrected chi connectivity index (χ4v) is 0.947. The number of rotatable bonds is 3. The van der Waals surface area contributed by atoms with E-state index in [2.05, 4.69) is 10.0 Å². The summed E-state index contributed by atoms with van der Waals surface area (Å²) >= 11 is 1.92. The van der Waals surface area contributed by atoms with Crippen molar-refractivity contribution in [1.29, 1.82) is 0 Å². The van der Waals surface area contributed by atoms with Crippen LogP contribution < -0.4 is 4.74 Å². The van der Waals surface area contributed by atoms with Gasteiger partial charge in [0.2, 0.25) is 0 Å². The predicted molar refractivity (Wildman–Crippen MR) is 59.8 cm³/mol. The molecule has 0 aromatic heterocycles. The molecule has 0 radical (unpaired) electrons. The maximum Gasteiger partial charge on any atom is 0.321 e. The molecule has 72 valence electrons. The minimum atomic E-state index is -0.304. The molecule has 0 unspecified atom stereocenters. The fourth-order valence-electron chi connectivity index (χ4n) is 0.791. The highest BCUT2D eigenvalue weighted by Gasteiger charge is 2.01. The number of benzene rings is 1. The van der Waals surface area contributed by atoms with Gasteiger partial charge in [0, 0.05) is 10.6 Å². The first kappa shape index (κ1) is 10.8. The minimum Gasteiger partial charge on any atom is -0.426 e. The average molecular weight is 303 g/mol. The summed E-state index contributed by atoms with van der Waals surface area (Å²) in [6.07, 6.45) is 0. The monoisotopic (exact) mass is 303 g/mol. The summed E-state index contributed by atoms with van der Waals surface area (Å²) in [5, 5.41) is 3.39. The third-order valence-corrected chi connectivity index (χ3v) is 1.96. The second kappa shape index (κ2) is 5.46. The van der Waals surface area contributed by atoms with Crippen molar-refractivity contribution in [2.45, 2.75) is 0 Å². The van der Waals surface area contributed by atoms with Crippen molar-refractivity contribution < 1.29 is 9.53 Å². The molecule has 0 amide bonds. The van der Waals surface area contributed by atoms with Crippen molar-refractivity contribution in [2.75, 3.05) is 4.43 Å². The Morgan fingerprint density at radius 3 is 2.64 bits per heavy atom. The van der Waals surface area contributed by atoms with E-state index in [1.54, 1.807) is 24.3 Å². The molecule has 0 atom stereocenters. The Hall–Kier alpha value is -1.27. The Balaban J connectivity index is 2.73. The Labute approximate surface area is 93.8 Å². The second-order valence-corrected chi connectivity index (χ2v) is 3.05. The van der Waals surface area contributed by atoms with Gasteiger partial charge in [-0.1, -0.05) is 27.7 Å². The quantitative estimate of drug-likeness (QED) is 0.164. The molecule has 0 spiro atoms. The summed E-state index contributed by atoms with van der Waals surface area (Å²) < 4.78 is 5.22. The van der Waals surface area contributed by atoms with Gasteiger partial charge in [-0.15, -0.1) is 0 Å². The number of carbonyl (C=O) groups is 1. The zero-order chi connectivity index (χ0) is 10.4. The lowest BCUT2D eigenvalue weighted by Gasteiger charge is -2.01. The van der Waals surface area contributed by atoms with E-state index in [0.29, 0.717) is 15.9 Å². The van der Waals surface area contributed by atoms with Crippen molar-refractivity contribution in [2.24, 2.45) is 5.11 Å². The van der Waals surface area contributed by atoms with Crippen LogP contribution in [0.2, 0.25) is 0 Å². The molecule has 1 aromatic carbocycles. The van der Waals surface area contributed by atoms with Gasteiger partial charge in [-0.2, -0.15) is 0 Å². The van der Waals surface area contributed by atoms with E-state index in [-0.39, 0.29) is 5.97 Å². The molecule has 14 heavy (non-hydrogen) atoms. The molecule has 0 aliphatic carbocycles. The number of hydrogen-bond donors (Lipinski definition) is 0. The van der Waals surface area contributed by atoms with E-state index in [9.17, 15) is 4.79 Å². The summed E-state index contributed by atoms with van der Waals surface area (Å²) in [5.74, 6) is 0.144. The van der Waals surface area contributed by atoms with E-state index in [1.807, 2.05) is 22.6 Å². The first-order valence-electron chi connectivity index (χ1n) is 3.68. The third-order valence-electron chi connectivity index (χ3n) is 1.34. The standard InChI is InChI=1S/C8H6IN3O2/c9-5-8(13)14-7-3-1-6(2-4-7)11-12-10/h1-4H,5H2. The van der Waals surface area contributed by atoms with Gasteiger partial charge in [0.1, 0.15) is 5.75 Å². The molecule has 1 aromatic rings. The largest absolute Gasteiger partial charge is 0.426 e. The lowest BCUT2D eigenvalue weighted by Crippen LogP contribution is -2.08. The summed E-state index contributed by atoms with van der Waals surface area (Å²) in [6, 6.07) is 6.31. The van der Waals surface area contributed by atoms with Crippen LogP contribution >= 0.6 is 22.6 Å². The maximum absolute atomic E-state index is 10.9. The second-order valence-electron chi connectivity index (χ2n) is 2.29. The van der Waals surface area contributed by atoms with Gasteiger partial charge in [-0.3, -0.25) is 4.79 Å². The maximum atomic E-state index is 10.9. The Kier molecular flexibility index (Phi) is 4.21. The van der Waals surface area contributed by atoms with Gasteiger partial charge in [-0.05, 0) is 29.8 Å². The Bertz CT molecular complexity index is 371. The fraction of sp³-hybridized carbons (Fsp3) is 0.125. The Morgan fingerprint density at radius 1 is 1.50 bits per heavy atom. The van der Waals surface area contributed by atoms with Crippen LogP contribution in [-0.2, 0) is 4.79 Å². The molecular formula is C8H6IN3O2. The van der Waals surface area contributed by atoms with Crippen LogP contribution in [-0.4, -0.2) is 10.4 Å². The van der Waals surface area contributed by atoms with E-state index < -0.39 is 0 Å².